The van der Waals surface area contributed by atoms with Crippen molar-refractivity contribution in [2.24, 2.45) is 5.92 Å². The number of rotatable bonds is 6. The molecule has 0 saturated carbocycles. The maximum absolute atomic E-state index is 12.5. The van der Waals surface area contributed by atoms with E-state index in [1.807, 2.05) is 0 Å². The zero-order valence-electron chi connectivity index (χ0n) is 14.6. The molecule has 22 heavy (non-hydrogen) atoms. The van der Waals surface area contributed by atoms with E-state index >= 15 is 0 Å². The van der Waals surface area contributed by atoms with Gasteiger partial charge in [0, 0.05) is 39.3 Å². The Hall–Kier alpha value is -0.610. The van der Waals surface area contributed by atoms with Crippen molar-refractivity contribution in [2.45, 2.75) is 64.3 Å². The van der Waals surface area contributed by atoms with Gasteiger partial charge in [-0.2, -0.15) is 0 Å². The molecule has 4 heteroatoms. The lowest BCUT2D eigenvalue weighted by atomic mass is 9.93. The molecule has 2 rings (SSSR count). The number of hydrogen-bond donors (Lipinski definition) is 0. The summed E-state index contributed by atoms with van der Waals surface area (Å²) >= 11 is 0. The SMILES string of the molecule is COCCC1CCN(C(=O)CC(C)N2CCCCCC2)CC1. The summed E-state index contributed by atoms with van der Waals surface area (Å²) in [5.74, 6) is 1.11. The highest BCUT2D eigenvalue weighted by Gasteiger charge is 2.25. The molecule has 4 nitrogen and oxygen atoms in total. The van der Waals surface area contributed by atoms with Gasteiger partial charge >= 0.3 is 0 Å². The minimum atomic E-state index is 0.363. The predicted molar refractivity (Wildman–Crippen MR) is 89.9 cm³/mol. The first-order chi connectivity index (χ1) is 10.7. The second kappa shape index (κ2) is 9.51. The molecule has 0 aromatic heterocycles. The highest BCUT2D eigenvalue weighted by atomic mass is 16.5. The molecule has 2 aliphatic rings. The predicted octanol–water partition coefficient (Wildman–Crippen LogP) is 2.92. The molecule has 2 saturated heterocycles. The van der Waals surface area contributed by atoms with Crippen LogP contribution in [0.1, 0.15) is 58.3 Å². The van der Waals surface area contributed by atoms with Gasteiger partial charge in [-0.05, 0) is 58.0 Å². The van der Waals surface area contributed by atoms with E-state index < -0.39 is 0 Å². The molecule has 128 valence electrons. The Kier molecular flexibility index (Phi) is 7.67. The first-order valence-electron chi connectivity index (χ1n) is 9.21. The summed E-state index contributed by atoms with van der Waals surface area (Å²) in [5.41, 5.74) is 0. The van der Waals surface area contributed by atoms with Crippen LogP contribution in [0.2, 0.25) is 0 Å². The van der Waals surface area contributed by atoms with Gasteiger partial charge in [-0.15, -0.1) is 0 Å². The van der Waals surface area contributed by atoms with Crippen molar-refractivity contribution < 1.29 is 9.53 Å². The summed E-state index contributed by atoms with van der Waals surface area (Å²) in [7, 11) is 1.77. The standard InChI is InChI=1S/C18H34N2O2/c1-16(19-10-5-3-4-6-11-19)15-18(21)20-12-7-17(8-13-20)9-14-22-2/h16-17H,3-15H2,1-2H3. The minimum absolute atomic E-state index is 0.363. The fourth-order valence-electron chi connectivity index (χ4n) is 3.80. The number of methoxy groups -OCH3 is 1. The Balaban J connectivity index is 1.70. The number of likely N-dealkylation sites (tertiary alicyclic amines) is 2. The van der Waals surface area contributed by atoms with Crippen molar-refractivity contribution in [3.63, 3.8) is 0 Å². The quantitative estimate of drug-likeness (QED) is 0.756. The maximum Gasteiger partial charge on any atom is 0.224 e. The average Bonchev–Trinajstić information content (AvgIpc) is 2.82. The van der Waals surface area contributed by atoms with E-state index in [9.17, 15) is 4.79 Å². The summed E-state index contributed by atoms with van der Waals surface area (Å²) in [6, 6.07) is 0.400. The van der Waals surface area contributed by atoms with Gasteiger partial charge in [0.1, 0.15) is 0 Å². The van der Waals surface area contributed by atoms with E-state index in [0.717, 1.165) is 44.9 Å². The number of carbonyl (C=O) groups excluding carboxylic acids is 1. The summed E-state index contributed by atoms with van der Waals surface area (Å²) < 4.78 is 5.16. The molecule has 0 radical (unpaired) electrons. The van der Waals surface area contributed by atoms with E-state index in [1.54, 1.807) is 7.11 Å². The van der Waals surface area contributed by atoms with E-state index in [0.29, 0.717) is 18.4 Å². The second-order valence-corrected chi connectivity index (χ2v) is 7.11. The Bertz CT molecular complexity index is 319. The largest absolute Gasteiger partial charge is 0.385 e. The van der Waals surface area contributed by atoms with Gasteiger partial charge < -0.3 is 14.5 Å². The van der Waals surface area contributed by atoms with Gasteiger partial charge in [-0.25, -0.2) is 0 Å². The van der Waals surface area contributed by atoms with Crippen LogP contribution in [-0.2, 0) is 9.53 Å². The van der Waals surface area contributed by atoms with Crippen molar-refractivity contribution in [2.75, 3.05) is 39.9 Å². The van der Waals surface area contributed by atoms with Crippen LogP contribution in [0, 0.1) is 5.92 Å². The Morgan fingerprint density at radius 3 is 2.32 bits per heavy atom. The molecule has 1 unspecified atom stereocenters. The molecule has 0 spiro atoms. The van der Waals surface area contributed by atoms with Crippen LogP contribution in [0.3, 0.4) is 0 Å². The third kappa shape index (κ3) is 5.54. The van der Waals surface area contributed by atoms with Crippen molar-refractivity contribution in [1.29, 1.82) is 0 Å². The molecule has 0 aromatic rings. The smallest absolute Gasteiger partial charge is 0.224 e. The minimum Gasteiger partial charge on any atom is -0.385 e. The molecule has 2 heterocycles. The lowest BCUT2D eigenvalue weighted by Crippen LogP contribution is -2.43. The van der Waals surface area contributed by atoms with Gasteiger partial charge in [-0.3, -0.25) is 4.79 Å². The molecule has 0 aromatic carbocycles. The topological polar surface area (TPSA) is 32.8 Å². The van der Waals surface area contributed by atoms with Crippen molar-refractivity contribution in [3.8, 4) is 0 Å². The number of carbonyl (C=O) groups is 1. The molecule has 1 amide bonds. The van der Waals surface area contributed by atoms with Crippen LogP contribution in [0.4, 0.5) is 0 Å². The van der Waals surface area contributed by atoms with Crippen LogP contribution < -0.4 is 0 Å². The van der Waals surface area contributed by atoms with Crippen LogP contribution in [0.15, 0.2) is 0 Å². The highest BCUT2D eigenvalue weighted by molar-refractivity contribution is 5.76. The zero-order chi connectivity index (χ0) is 15.8. The zero-order valence-corrected chi connectivity index (χ0v) is 14.6. The van der Waals surface area contributed by atoms with Crippen LogP contribution in [0.5, 0.6) is 0 Å². The van der Waals surface area contributed by atoms with Crippen LogP contribution in [-0.4, -0.2) is 61.6 Å². The van der Waals surface area contributed by atoms with Crippen LogP contribution >= 0.6 is 0 Å². The van der Waals surface area contributed by atoms with Gasteiger partial charge in [-0.1, -0.05) is 12.8 Å². The number of piperidine rings is 1. The Morgan fingerprint density at radius 1 is 1.09 bits per heavy atom. The van der Waals surface area contributed by atoms with Crippen molar-refractivity contribution >= 4 is 5.91 Å². The Morgan fingerprint density at radius 2 is 1.73 bits per heavy atom. The Labute approximate surface area is 136 Å². The normalized spacial score (nSPS) is 23.3. The van der Waals surface area contributed by atoms with E-state index in [2.05, 4.69) is 16.7 Å². The first kappa shape index (κ1) is 17.7. The number of nitrogens with zero attached hydrogens (tertiary/aromatic N) is 2. The van der Waals surface area contributed by atoms with Crippen LogP contribution in [0.25, 0.3) is 0 Å². The van der Waals surface area contributed by atoms with Crippen molar-refractivity contribution in [3.05, 3.63) is 0 Å². The molecular weight excluding hydrogens is 276 g/mol. The fraction of sp³-hybridized carbons (Fsp3) is 0.944. The molecule has 1 atom stereocenters. The monoisotopic (exact) mass is 310 g/mol. The molecular formula is C18H34N2O2. The number of ether oxygens (including phenoxy) is 1. The van der Waals surface area contributed by atoms with Gasteiger partial charge in [0.25, 0.3) is 0 Å². The first-order valence-corrected chi connectivity index (χ1v) is 9.21. The number of amides is 1. The number of hydrogen-bond acceptors (Lipinski definition) is 3. The molecule has 0 N–H and O–H groups in total. The van der Waals surface area contributed by atoms with Gasteiger partial charge in [0.2, 0.25) is 5.91 Å². The maximum atomic E-state index is 12.5. The lowest BCUT2D eigenvalue weighted by Gasteiger charge is -2.34. The molecule has 0 aliphatic carbocycles. The van der Waals surface area contributed by atoms with Gasteiger partial charge in [0.05, 0.1) is 0 Å². The molecule has 2 aliphatic heterocycles. The fourth-order valence-corrected chi connectivity index (χ4v) is 3.80. The van der Waals surface area contributed by atoms with E-state index in [4.69, 9.17) is 4.74 Å². The van der Waals surface area contributed by atoms with E-state index in [-0.39, 0.29) is 0 Å². The average molecular weight is 310 g/mol. The third-order valence-electron chi connectivity index (χ3n) is 5.43. The summed E-state index contributed by atoms with van der Waals surface area (Å²) in [6.45, 7) is 7.32. The van der Waals surface area contributed by atoms with E-state index in [1.165, 1.54) is 38.8 Å². The molecule has 0 bridgehead atoms. The second-order valence-electron chi connectivity index (χ2n) is 7.11. The van der Waals surface area contributed by atoms with Crippen molar-refractivity contribution in [1.82, 2.24) is 9.80 Å². The summed E-state index contributed by atoms with van der Waals surface area (Å²) in [5, 5.41) is 0. The highest BCUT2D eigenvalue weighted by Crippen LogP contribution is 2.22. The third-order valence-corrected chi connectivity index (χ3v) is 5.43. The summed E-state index contributed by atoms with van der Waals surface area (Å²) in [6.07, 6.45) is 9.43. The lowest BCUT2D eigenvalue weighted by molar-refractivity contribution is -0.133. The molecule has 2 fully saturated rings. The van der Waals surface area contributed by atoms with Gasteiger partial charge in [0.15, 0.2) is 0 Å². The summed E-state index contributed by atoms with van der Waals surface area (Å²) in [4.78, 5) is 17.2.